The minimum Gasteiger partial charge on any atom is -0.351 e. The minimum atomic E-state index is 0.926. The van der Waals surface area contributed by atoms with E-state index < -0.39 is 0 Å². The van der Waals surface area contributed by atoms with Crippen LogP contribution in [0.4, 0.5) is 0 Å². The number of aromatic nitrogens is 1. The normalized spacial score (nSPS) is 10.6. The molecule has 2 rings (SSSR count). The topological polar surface area (TPSA) is 17.0 Å². The Hall–Kier alpha value is -1.54. The smallest absolute Gasteiger partial charge is 0.0362 e. The zero-order valence-corrected chi connectivity index (χ0v) is 9.69. The first-order chi connectivity index (χ1) is 7.90. The molecular weight excluding hydrogens is 196 g/mol. The standard InChI is InChI=1S/C14H18N2/c1-2-16-10-6-9-14(16)12-15-11-13-7-4-3-5-8-13/h3-10,15H,2,11-12H2,1H3. The molecule has 16 heavy (non-hydrogen) atoms. The number of aryl methyl sites for hydroxylation is 1. The maximum absolute atomic E-state index is 3.46. The lowest BCUT2D eigenvalue weighted by molar-refractivity contribution is 0.629. The van der Waals surface area contributed by atoms with E-state index in [1.54, 1.807) is 0 Å². The van der Waals surface area contributed by atoms with Gasteiger partial charge < -0.3 is 9.88 Å². The van der Waals surface area contributed by atoms with Crippen LogP contribution in [0.3, 0.4) is 0 Å². The van der Waals surface area contributed by atoms with Gasteiger partial charge in [-0.3, -0.25) is 0 Å². The molecule has 1 heterocycles. The van der Waals surface area contributed by atoms with Crippen molar-refractivity contribution in [2.75, 3.05) is 0 Å². The molecule has 2 aromatic rings. The summed E-state index contributed by atoms with van der Waals surface area (Å²) in [5.74, 6) is 0. The van der Waals surface area contributed by atoms with Crippen LogP contribution in [0.25, 0.3) is 0 Å². The predicted octanol–water partition coefficient (Wildman–Crippen LogP) is 2.80. The average molecular weight is 214 g/mol. The van der Waals surface area contributed by atoms with Gasteiger partial charge in [-0.1, -0.05) is 30.3 Å². The molecule has 0 aliphatic heterocycles. The van der Waals surface area contributed by atoms with Crippen molar-refractivity contribution in [1.29, 1.82) is 0 Å². The average Bonchev–Trinajstić information content (AvgIpc) is 2.78. The molecule has 0 unspecified atom stereocenters. The predicted molar refractivity (Wildman–Crippen MR) is 67.1 cm³/mol. The van der Waals surface area contributed by atoms with Crippen molar-refractivity contribution in [3.05, 3.63) is 59.9 Å². The molecule has 0 bridgehead atoms. The lowest BCUT2D eigenvalue weighted by Crippen LogP contribution is -2.15. The van der Waals surface area contributed by atoms with Gasteiger partial charge in [0.25, 0.3) is 0 Å². The van der Waals surface area contributed by atoms with Crippen LogP contribution in [0, 0.1) is 0 Å². The molecule has 1 N–H and O–H groups in total. The van der Waals surface area contributed by atoms with E-state index in [4.69, 9.17) is 0 Å². The summed E-state index contributed by atoms with van der Waals surface area (Å²) in [5.41, 5.74) is 2.68. The van der Waals surface area contributed by atoms with Crippen molar-refractivity contribution in [3.8, 4) is 0 Å². The van der Waals surface area contributed by atoms with Crippen LogP contribution >= 0.6 is 0 Å². The summed E-state index contributed by atoms with van der Waals surface area (Å²) in [6.07, 6.45) is 2.12. The molecule has 0 fully saturated rings. The number of nitrogens with one attached hydrogen (secondary N) is 1. The largest absolute Gasteiger partial charge is 0.351 e. The van der Waals surface area contributed by atoms with Crippen molar-refractivity contribution in [2.24, 2.45) is 0 Å². The third-order valence-corrected chi connectivity index (χ3v) is 2.74. The molecule has 1 aromatic heterocycles. The minimum absolute atomic E-state index is 0.926. The van der Waals surface area contributed by atoms with Crippen LogP contribution < -0.4 is 5.32 Å². The first kappa shape index (κ1) is 11.0. The van der Waals surface area contributed by atoms with Crippen molar-refractivity contribution < 1.29 is 0 Å². The third kappa shape index (κ3) is 2.74. The number of hydrogen-bond acceptors (Lipinski definition) is 1. The molecule has 2 nitrogen and oxygen atoms in total. The highest BCUT2D eigenvalue weighted by molar-refractivity contribution is 5.14. The summed E-state index contributed by atoms with van der Waals surface area (Å²) in [4.78, 5) is 0. The molecule has 0 spiro atoms. The van der Waals surface area contributed by atoms with E-state index in [9.17, 15) is 0 Å². The lowest BCUT2D eigenvalue weighted by atomic mass is 10.2. The highest BCUT2D eigenvalue weighted by Gasteiger charge is 1.98. The van der Waals surface area contributed by atoms with Gasteiger partial charge >= 0.3 is 0 Å². The summed E-state index contributed by atoms with van der Waals surface area (Å²) < 4.78 is 2.26. The van der Waals surface area contributed by atoms with Gasteiger partial charge in [-0.2, -0.15) is 0 Å². The third-order valence-electron chi connectivity index (χ3n) is 2.74. The maximum Gasteiger partial charge on any atom is 0.0362 e. The number of hydrogen-bond donors (Lipinski definition) is 1. The van der Waals surface area contributed by atoms with Gasteiger partial charge in [0.15, 0.2) is 0 Å². The summed E-state index contributed by atoms with van der Waals surface area (Å²) in [6, 6.07) is 14.8. The van der Waals surface area contributed by atoms with Crippen LogP contribution in [-0.2, 0) is 19.6 Å². The van der Waals surface area contributed by atoms with Gasteiger partial charge in [0.05, 0.1) is 0 Å². The summed E-state index contributed by atoms with van der Waals surface area (Å²) >= 11 is 0. The second-order valence-electron chi connectivity index (χ2n) is 3.87. The fourth-order valence-corrected chi connectivity index (χ4v) is 1.85. The van der Waals surface area contributed by atoms with E-state index in [0.717, 1.165) is 19.6 Å². The van der Waals surface area contributed by atoms with Crippen LogP contribution in [0.5, 0.6) is 0 Å². The van der Waals surface area contributed by atoms with Crippen LogP contribution in [0.1, 0.15) is 18.2 Å². The zero-order valence-electron chi connectivity index (χ0n) is 9.69. The van der Waals surface area contributed by atoms with Gasteiger partial charge in [0.2, 0.25) is 0 Å². The van der Waals surface area contributed by atoms with Gasteiger partial charge in [-0.15, -0.1) is 0 Å². The quantitative estimate of drug-likeness (QED) is 0.810. The Labute approximate surface area is 96.9 Å². The van der Waals surface area contributed by atoms with Crippen LogP contribution in [0.2, 0.25) is 0 Å². The molecule has 0 radical (unpaired) electrons. The Morgan fingerprint density at radius 1 is 1.00 bits per heavy atom. The molecule has 0 saturated heterocycles. The Morgan fingerprint density at radius 3 is 2.56 bits per heavy atom. The van der Waals surface area contributed by atoms with Gasteiger partial charge in [-0.05, 0) is 24.6 Å². The zero-order chi connectivity index (χ0) is 11.2. The highest BCUT2D eigenvalue weighted by Crippen LogP contribution is 2.03. The van der Waals surface area contributed by atoms with Gasteiger partial charge in [-0.25, -0.2) is 0 Å². The molecule has 84 valence electrons. The molecule has 0 aliphatic rings. The Bertz CT molecular complexity index is 417. The monoisotopic (exact) mass is 214 g/mol. The van der Waals surface area contributed by atoms with Crippen molar-refractivity contribution in [1.82, 2.24) is 9.88 Å². The van der Waals surface area contributed by atoms with E-state index >= 15 is 0 Å². The second-order valence-corrected chi connectivity index (χ2v) is 3.87. The Morgan fingerprint density at radius 2 is 1.81 bits per heavy atom. The lowest BCUT2D eigenvalue weighted by Gasteiger charge is -2.08. The molecule has 0 amide bonds. The fraction of sp³-hybridized carbons (Fsp3) is 0.286. The Kier molecular flexibility index (Phi) is 3.78. The van der Waals surface area contributed by atoms with Gasteiger partial charge in [0.1, 0.15) is 0 Å². The first-order valence-corrected chi connectivity index (χ1v) is 5.79. The summed E-state index contributed by atoms with van der Waals surface area (Å²) in [6.45, 7) is 5.06. The highest BCUT2D eigenvalue weighted by atomic mass is 15.0. The molecule has 0 saturated carbocycles. The fourth-order valence-electron chi connectivity index (χ4n) is 1.85. The van der Waals surface area contributed by atoms with Gasteiger partial charge in [0, 0.05) is 31.5 Å². The number of benzene rings is 1. The first-order valence-electron chi connectivity index (χ1n) is 5.79. The van der Waals surface area contributed by atoms with Crippen molar-refractivity contribution >= 4 is 0 Å². The van der Waals surface area contributed by atoms with Crippen molar-refractivity contribution in [3.63, 3.8) is 0 Å². The van der Waals surface area contributed by atoms with E-state index in [0.29, 0.717) is 0 Å². The molecule has 1 aromatic carbocycles. The van der Waals surface area contributed by atoms with Crippen molar-refractivity contribution in [2.45, 2.75) is 26.6 Å². The summed E-state index contributed by atoms with van der Waals surface area (Å²) in [5, 5.41) is 3.46. The Balaban J connectivity index is 1.85. The summed E-state index contributed by atoms with van der Waals surface area (Å²) in [7, 11) is 0. The molecular formula is C14H18N2. The number of rotatable bonds is 5. The van der Waals surface area contributed by atoms with E-state index in [-0.39, 0.29) is 0 Å². The molecule has 0 aliphatic carbocycles. The maximum atomic E-state index is 3.46. The van der Waals surface area contributed by atoms with E-state index in [1.807, 2.05) is 6.07 Å². The number of nitrogens with zero attached hydrogens (tertiary/aromatic N) is 1. The van der Waals surface area contributed by atoms with E-state index in [2.05, 4.69) is 59.4 Å². The second kappa shape index (κ2) is 5.52. The van der Waals surface area contributed by atoms with E-state index in [1.165, 1.54) is 11.3 Å². The molecule has 0 atom stereocenters. The van der Waals surface area contributed by atoms with Crippen LogP contribution in [0.15, 0.2) is 48.7 Å². The van der Waals surface area contributed by atoms with Crippen LogP contribution in [-0.4, -0.2) is 4.57 Å². The SMILES string of the molecule is CCn1cccc1CNCc1ccccc1. The molecule has 2 heteroatoms.